The van der Waals surface area contributed by atoms with Crippen molar-refractivity contribution in [2.24, 2.45) is 10.7 Å². The number of ether oxygens (including phenoxy) is 1. The van der Waals surface area contributed by atoms with Crippen molar-refractivity contribution in [3.63, 3.8) is 0 Å². The van der Waals surface area contributed by atoms with Gasteiger partial charge in [-0.2, -0.15) is 4.31 Å². The van der Waals surface area contributed by atoms with Crippen molar-refractivity contribution < 1.29 is 13.2 Å². The molecule has 0 saturated carbocycles. The zero-order valence-electron chi connectivity index (χ0n) is 14.7. The number of hydrogen-bond donors (Lipinski definition) is 1. The van der Waals surface area contributed by atoms with Crippen LogP contribution in [0.4, 0.5) is 0 Å². The van der Waals surface area contributed by atoms with E-state index in [-0.39, 0.29) is 24.0 Å². The van der Waals surface area contributed by atoms with Gasteiger partial charge in [0.2, 0.25) is 0 Å². The molecule has 2 rings (SSSR count). The van der Waals surface area contributed by atoms with Crippen LogP contribution in [0.15, 0.2) is 21.3 Å². The van der Waals surface area contributed by atoms with Gasteiger partial charge in [0.25, 0.3) is 10.0 Å². The maximum absolute atomic E-state index is 12.5. The number of sulfonamides is 1. The molecule has 1 aliphatic heterocycles. The van der Waals surface area contributed by atoms with Crippen LogP contribution in [0.2, 0.25) is 0 Å². The number of nitrogens with zero attached hydrogens (tertiary/aromatic N) is 3. The molecule has 1 aromatic rings. The summed E-state index contributed by atoms with van der Waals surface area (Å²) in [4.78, 5) is 7.40. The monoisotopic (exact) mass is 502 g/mol. The van der Waals surface area contributed by atoms with Crippen molar-refractivity contribution in [1.29, 1.82) is 0 Å². The van der Waals surface area contributed by atoms with Crippen LogP contribution in [0, 0.1) is 0 Å². The molecule has 0 aromatic carbocycles. The molecular formula is C15H27IN4O3S2. The van der Waals surface area contributed by atoms with Crippen LogP contribution in [0.5, 0.6) is 0 Å². The smallest absolute Gasteiger partial charge is 0.252 e. The Morgan fingerprint density at radius 1 is 1.32 bits per heavy atom. The van der Waals surface area contributed by atoms with Crippen molar-refractivity contribution in [3.8, 4) is 0 Å². The fraction of sp³-hybridized carbons (Fsp3) is 0.667. The van der Waals surface area contributed by atoms with Crippen molar-refractivity contribution in [2.75, 3.05) is 45.9 Å². The summed E-state index contributed by atoms with van der Waals surface area (Å²) in [6.45, 7) is 8.08. The van der Waals surface area contributed by atoms with E-state index in [1.165, 1.54) is 15.6 Å². The first-order valence-electron chi connectivity index (χ1n) is 8.20. The molecule has 7 nitrogen and oxygen atoms in total. The van der Waals surface area contributed by atoms with Crippen molar-refractivity contribution in [3.05, 3.63) is 17.0 Å². The largest absolute Gasteiger partial charge is 0.378 e. The van der Waals surface area contributed by atoms with E-state index >= 15 is 0 Å². The molecule has 0 radical (unpaired) electrons. The van der Waals surface area contributed by atoms with Gasteiger partial charge in [-0.15, -0.1) is 35.3 Å². The van der Waals surface area contributed by atoms with Gasteiger partial charge in [0.05, 0.1) is 13.2 Å². The van der Waals surface area contributed by atoms with Gasteiger partial charge in [-0.1, -0.05) is 13.8 Å². The van der Waals surface area contributed by atoms with Crippen LogP contribution in [0.3, 0.4) is 0 Å². The molecule has 25 heavy (non-hydrogen) atoms. The van der Waals surface area contributed by atoms with E-state index in [4.69, 9.17) is 10.5 Å². The Balaban J connectivity index is 0.00000312. The first kappa shape index (κ1) is 22.6. The van der Waals surface area contributed by atoms with Gasteiger partial charge >= 0.3 is 0 Å². The molecule has 2 N–H and O–H groups in total. The van der Waals surface area contributed by atoms with Gasteiger partial charge in [-0.25, -0.2) is 8.42 Å². The Hall–Kier alpha value is -0.430. The minimum Gasteiger partial charge on any atom is -0.378 e. The van der Waals surface area contributed by atoms with E-state index in [2.05, 4.69) is 4.99 Å². The number of nitrogens with two attached hydrogens (primary N) is 1. The normalized spacial score (nSPS) is 16.1. The minimum atomic E-state index is -3.37. The number of hydrogen-bond acceptors (Lipinski definition) is 5. The summed E-state index contributed by atoms with van der Waals surface area (Å²) in [5.74, 6) is 0.533. The Morgan fingerprint density at radius 2 is 1.96 bits per heavy atom. The Bertz CT molecular complexity index is 653. The summed E-state index contributed by atoms with van der Waals surface area (Å²) in [6, 6.07) is 3.55. The van der Waals surface area contributed by atoms with Crippen LogP contribution >= 0.6 is 35.3 Å². The first-order chi connectivity index (χ1) is 11.5. The Kier molecular flexibility index (Phi) is 9.64. The molecule has 10 heteroatoms. The predicted molar refractivity (Wildman–Crippen MR) is 112 cm³/mol. The molecule has 2 heterocycles. The fourth-order valence-corrected chi connectivity index (χ4v) is 5.45. The lowest BCUT2D eigenvalue weighted by Gasteiger charge is -2.27. The summed E-state index contributed by atoms with van der Waals surface area (Å²) in [5, 5.41) is 0. The SMILES string of the molecule is CCN(CC)S(=O)(=O)c1ccc(CCN=C(N)N2CCOCC2)s1.I. The van der Waals surface area contributed by atoms with Gasteiger partial charge in [0, 0.05) is 44.0 Å². The number of morpholine rings is 1. The Labute approximate surface area is 171 Å². The highest BCUT2D eigenvalue weighted by molar-refractivity contribution is 14.0. The summed E-state index contributed by atoms with van der Waals surface area (Å²) >= 11 is 1.31. The highest BCUT2D eigenvalue weighted by atomic mass is 127. The second kappa shape index (κ2) is 10.7. The number of guanidine groups is 1. The highest BCUT2D eigenvalue weighted by Gasteiger charge is 2.23. The van der Waals surface area contributed by atoms with Crippen LogP contribution in [0.25, 0.3) is 0 Å². The summed E-state index contributed by atoms with van der Waals surface area (Å²) in [7, 11) is -3.37. The molecular weight excluding hydrogens is 475 g/mol. The van der Waals surface area contributed by atoms with Crippen LogP contribution in [-0.4, -0.2) is 69.5 Å². The summed E-state index contributed by atoms with van der Waals surface area (Å²) in [5.41, 5.74) is 5.98. The predicted octanol–water partition coefficient (Wildman–Crippen LogP) is 1.59. The lowest BCUT2D eigenvalue weighted by atomic mass is 10.3. The van der Waals surface area contributed by atoms with E-state index in [1.807, 2.05) is 24.8 Å². The summed E-state index contributed by atoms with van der Waals surface area (Å²) < 4.78 is 32.1. The molecule has 0 unspecified atom stereocenters. The standard InChI is InChI=1S/C15H26N4O3S2.HI/c1-3-19(4-2)24(20,21)14-6-5-13(23-14)7-8-17-15(16)18-9-11-22-12-10-18;/h5-6H,3-4,7-12H2,1-2H3,(H2,16,17);1H. The molecule has 1 saturated heterocycles. The average molecular weight is 502 g/mol. The molecule has 1 aromatic heterocycles. The lowest BCUT2D eigenvalue weighted by molar-refractivity contribution is 0.0674. The molecule has 0 spiro atoms. The molecule has 0 amide bonds. The number of rotatable bonds is 7. The number of aliphatic imine (C=N–C) groups is 1. The molecule has 144 valence electrons. The first-order valence-corrected chi connectivity index (χ1v) is 10.5. The average Bonchev–Trinajstić information content (AvgIpc) is 3.06. The van der Waals surface area contributed by atoms with Gasteiger partial charge < -0.3 is 15.4 Å². The van der Waals surface area contributed by atoms with Gasteiger partial charge in [-0.05, 0) is 12.1 Å². The van der Waals surface area contributed by atoms with Crippen molar-refractivity contribution in [2.45, 2.75) is 24.5 Å². The third-order valence-corrected chi connectivity index (χ3v) is 7.57. The van der Waals surface area contributed by atoms with Crippen LogP contribution < -0.4 is 5.73 Å². The van der Waals surface area contributed by atoms with E-state index in [1.54, 1.807) is 6.07 Å². The van der Waals surface area contributed by atoms with Gasteiger partial charge in [0.1, 0.15) is 4.21 Å². The second-order valence-electron chi connectivity index (χ2n) is 5.40. The Morgan fingerprint density at radius 3 is 2.56 bits per heavy atom. The van der Waals surface area contributed by atoms with Gasteiger partial charge in [-0.3, -0.25) is 4.99 Å². The molecule has 1 fully saturated rings. The molecule has 0 atom stereocenters. The van der Waals surface area contributed by atoms with Crippen LogP contribution in [0.1, 0.15) is 18.7 Å². The fourth-order valence-electron chi connectivity index (χ4n) is 2.50. The zero-order valence-corrected chi connectivity index (χ0v) is 18.6. The molecule has 1 aliphatic rings. The third kappa shape index (κ3) is 6.05. The second-order valence-corrected chi connectivity index (χ2v) is 8.73. The maximum Gasteiger partial charge on any atom is 0.252 e. The summed E-state index contributed by atoms with van der Waals surface area (Å²) in [6.07, 6.45) is 0.684. The lowest BCUT2D eigenvalue weighted by Crippen LogP contribution is -2.44. The molecule has 0 bridgehead atoms. The van der Waals surface area contributed by atoms with Crippen molar-refractivity contribution >= 4 is 51.3 Å². The third-order valence-electron chi connectivity index (χ3n) is 3.90. The number of halogens is 1. The molecule has 0 aliphatic carbocycles. The van der Waals surface area contributed by atoms with Crippen molar-refractivity contribution in [1.82, 2.24) is 9.21 Å². The minimum absolute atomic E-state index is 0. The van der Waals surface area contributed by atoms with E-state index < -0.39 is 10.0 Å². The van der Waals surface area contributed by atoms with E-state index in [0.29, 0.717) is 49.4 Å². The van der Waals surface area contributed by atoms with Crippen LogP contribution in [-0.2, 0) is 21.2 Å². The zero-order chi connectivity index (χ0) is 17.6. The maximum atomic E-state index is 12.5. The van der Waals surface area contributed by atoms with E-state index in [0.717, 1.165) is 18.0 Å². The highest BCUT2D eigenvalue weighted by Crippen LogP contribution is 2.25. The number of thiophene rings is 1. The van der Waals surface area contributed by atoms with E-state index in [9.17, 15) is 8.42 Å². The quantitative estimate of drug-likeness (QED) is 0.348. The van der Waals surface area contributed by atoms with Gasteiger partial charge in [0.15, 0.2) is 5.96 Å². The topological polar surface area (TPSA) is 88.2 Å².